The predicted octanol–water partition coefficient (Wildman–Crippen LogP) is 4.63. The second-order valence-corrected chi connectivity index (χ2v) is 7.67. The molecule has 0 radical (unpaired) electrons. The van der Waals surface area contributed by atoms with Crippen LogP contribution in [0.15, 0.2) is 30.4 Å². The van der Waals surface area contributed by atoms with E-state index in [1.807, 2.05) is 57.5 Å². The summed E-state index contributed by atoms with van der Waals surface area (Å²) in [7, 11) is 0. The van der Waals surface area contributed by atoms with Crippen LogP contribution in [0.25, 0.3) is 11.9 Å². The SMILES string of the molecule is Cc1cn(-c2ncc(C=C(CCCCl)C(=O)OC(C)(C)C)cc2C)cn1. The molecule has 2 aromatic heterocycles. The van der Waals surface area contributed by atoms with E-state index in [9.17, 15) is 4.79 Å². The fraction of sp³-hybridized carbons (Fsp3) is 0.450. The van der Waals surface area contributed by atoms with Crippen molar-refractivity contribution < 1.29 is 9.53 Å². The largest absolute Gasteiger partial charge is 0.457 e. The molecule has 5 nitrogen and oxygen atoms in total. The second kappa shape index (κ2) is 8.49. The van der Waals surface area contributed by atoms with Crippen molar-refractivity contribution in [1.29, 1.82) is 0 Å². The highest BCUT2D eigenvalue weighted by Gasteiger charge is 2.19. The molecule has 0 saturated carbocycles. The Kier molecular flexibility index (Phi) is 6.59. The minimum absolute atomic E-state index is 0.311. The number of aromatic nitrogens is 3. The van der Waals surface area contributed by atoms with E-state index in [0.29, 0.717) is 24.3 Å². The summed E-state index contributed by atoms with van der Waals surface area (Å²) in [6, 6.07) is 2.00. The molecule has 26 heavy (non-hydrogen) atoms. The lowest BCUT2D eigenvalue weighted by atomic mass is 10.1. The Hall–Kier alpha value is -2.14. The van der Waals surface area contributed by atoms with Crippen molar-refractivity contribution in [2.45, 2.75) is 53.1 Å². The van der Waals surface area contributed by atoms with Crippen LogP contribution in [0.4, 0.5) is 0 Å². The zero-order chi connectivity index (χ0) is 19.3. The van der Waals surface area contributed by atoms with E-state index in [1.165, 1.54) is 0 Å². The van der Waals surface area contributed by atoms with Gasteiger partial charge >= 0.3 is 5.97 Å². The maximum absolute atomic E-state index is 12.5. The monoisotopic (exact) mass is 375 g/mol. The zero-order valence-electron chi connectivity index (χ0n) is 16.0. The molecule has 2 aromatic rings. The van der Waals surface area contributed by atoms with Gasteiger partial charge in [0.05, 0.1) is 5.69 Å². The molecule has 0 amide bonds. The summed E-state index contributed by atoms with van der Waals surface area (Å²) in [5.74, 6) is 1.01. The minimum Gasteiger partial charge on any atom is -0.457 e. The highest BCUT2D eigenvalue weighted by Crippen LogP contribution is 2.20. The van der Waals surface area contributed by atoms with Crippen LogP contribution in [0, 0.1) is 13.8 Å². The molecule has 0 N–H and O–H groups in total. The van der Waals surface area contributed by atoms with Gasteiger partial charge in [0.25, 0.3) is 0 Å². The number of aryl methyl sites for hydroxylation is 2. The van der Waals surface area contributed by atoms with Crippen LogP contribution in [0.1, 0.15) is 50.4 Å². The van der Waals surface area contributed by atoms with Crippen LogP contribution in [-0.4, -0.2) is 32.0 Å². The number of imidazole rings is 1. The smallest absolute Gasteiger partial charge is 0.334 e. The highest BCUT2D eigenvalue weighted by atomic mass is 35.5. The Labute approximate surface area is 160 Å². The normalized spacial score (nSPS) is 12.3. The summed E-state index contributed by atoms with van der Waals surface area (Å²) in [6.07, 6.45) is 8.54. The van der Waals surface area contributed by atoms with Crippen molar-refractivity contribution in [3.63, 3.8) is 0 Å². The summed E-state index contributed by atoms with van der Waals surface area (Å²) in [5.41, 5.74) is 2.86. The third-order valence-corrected chi connectivity index (χ3v) is 3.88. The molecule has 2 rings (SSSR count). The lowest BCUT2D eigenvalue weighted by molar-refractivity contribution is -0.149. The number of hydrogen-bond acceptors (Lipinski definition) is 4. The summed E-state index contributed by atoms with van der Waals surface area (Å²) in [5, 5.41) is 0. The van der Waals surface area contributed by atoms with Crippen LogP contribution >= 0.6 is 11.6 Å². The number of alkyl halides is 1. The molecule has 0 spiro atoms. The molecule has 140 valence electrons. The van der Waals surface area contributed by atoms with Gasteiger partial charge in [0, 0.05) is 23.8 Å². The van der Waals surface area contributed by atoms with Crippen molar-refractivity contribution in [2.75, 3.05) is 5.88 Å². The zero-order valence-corrected chi connectivity index (χ0v) is 16.8. The number of carbonyl (C=O) groups is 1. The lowest BCUT2D eigenvalue weighted by Gasteiger charge is -2.20. The topological polar surface area (TPSA) is 57.0 Å². The molecule has 0 aliphatic heterocycles. The summed E-state index contributed by atoms with van der Waals surface area (Å²) >= 11 is 5.80. The number of esters is 1. The van der Waals surface area contributed by atoms with Gasteiger partial charge in [-0.15, -0.1) is 11.6 Å². The quantitative estimate of drug-likeness (QED) is 0.419. The number of ether oxygens (including phenoxy) is 1. The number of pyridine rings is 1. The first-order chi connectivity index (χ1) is 12.2. The van der Waals surface area contributed by atoms with Crippen LogP contribution in [0.3, 0.4) is 0 Å². The number of rotatable bonds is 6. The van der Waals surface area contributed by atoms with Gasteiger partial charge in [-0.3, -0.25) is 4.57 Å². The fourth-order valence-electron chi connectivity index (χ4n) is 2.51. The molecule has 6 heteroatoms. The van der Waals surface area contributed by atoms with Gasteiger partial charge in [-0.05, 0) is 70.7 Å². The second-order valence-electron chi connectivity index (χ2n) is 7.30. The average molecular weight is 376 g/mol. The Bertz CT molecular complexity index is 804. The van der Waals surface area contributed by atoms with Crippen LogP contribution in [-0.2, 0) is 9.53 Å². The average Bonchev–Trinajstić information content (AvgIpc) is 2.96. The molecule has 0 unspecified atom stereocenters. The number of halogens is 1. The lowest BCUT2D eigenvalue weighted by Crippen LogP contribution is -2.25. The molecular formula is C20H26ClN3O2. The Morgan fingerprint density at radius 1 is 1.31 bits per heavy atom. The van der Waals surface area contributed by atoms with Crippen molar-refractivity contribution in [1.82, 2.24) is 14.5 Å². The molecule has 0 bridgehead atoms. The third kappa shape index (κ3) is 5.70. The number of nitrogens with zero attached hydrogens (tertiary/aromatic N) is 3. The molecule has 0 aliphatic carbocycles. The van der Waals surface area contributed by atoms with Gasteiger partial charge in [-0.2, -0.15) is 0 Å². The number of carbonyl (C=O) groups excluding carboxylic acids is 1. The number of hydrogen-bond donors (Lipinski definition) is 0. The summed E-state index contributed by atoms with van der Waals surface area (Å²) < 4.78 is 7.40. The molecule has 0 fully saturated rings. The van der Waals surface area contributed by atoms with E-state index in [2.05, 4.69) is 9.97 Å². The van der Waals surface area contributed by atoms with Gasteiger partial charge < -0.3 is 4.74 Å². The van der Waals surface area contributed by atoms with Gasteiger partial charge in [-0.1, -0.05) is 0 Å². The van der Waals surface area contributed by atoms with Crippen molar-refractivity contribution >= 4 is 23.6 Å². The van der Waals surface area contributed by atoms with Crippen molar-refractivity contribution in [2.24, 2.45) is 0 Å². The van der Waals surface area contributed by atoms with Crippen LogP contribution in [0.2, 0.25) is 0 Å². The maximum atomic E-state index is 12.5. The Morgan fingerprint density at radius 3 is 2.58 bits per heavy atom. The summed E-state index contributed by atoms with van der Waals surface area (Å²) in [4.78, 5) is 21.2. The van der Waals surface area contributed by atoms with E-state index in [1.54, 1.807) is 12.5 Å². The van der Waals surface area contributed by atoms with E-state index in [0.717, 1.165) is 22.6 Å². The molecule has 0 atom stereocenters. The van der Waals surface area contributed by atoms with Gasteiger partial charge in [0.1, 0.15) is 17.7 Å². The fourth-order valence-corrected chi connectivity index (χ4v) is 2.64. The van der Waals surface area contributed by atoms with Gasteiger partial charge in [0.2, 0.25) is 0 Å². The first kappa shape index (κ1) is 20.2. The maximum Gasteiger partial charge on any atom is 0.334 e. The van der Waals surface area contributed by atoms with E-state index < -0.39 is 5.60 Å². The van der Waals surface area contributed by atoms with E-state index in [-0.39, 0.29) is 5.97 Å². The van der Waals surface area contributed by atoms with Gasteiger partial charge in [-0.25, -0.2) is 14.8 Å². The molecule has 0 saturated heterocycles. The summed E-state index contributed by atoms with van der Waals surface area (Å²) in [6.45, 7) is 9.50. The van der Waals surface area contributed by atoms with E-state index in [4.69, 9.17) is 16.3 Å². The first-order valence-electron chi connectivity index (χ1n) is 8.67. The first-order valence-corrected chi connectivity index (χ1v) is 9.20. The van der Waals surface area contributed by atoms with Crippen molar-refractivity contribution in [3.05, 3.63) is 47.2 Å². The molecular weight excluding hydrogens is 350 g/mol. The van der Waals surface area contributed by atoms with Crippen LogP contribution in [0.5, 0.6) is 0 Å². The minimum atomic E-state index is -0.533. The highest BCUT2D eigenvalue weighted by molar-refractivity contribution is 6.17. The molecule has 2 heterocycles. The molecule has 0 aliphatic rings. The van der Waals surface area contributed by atoms with Crippen LogP contribution < -0.4 is 0 Å². The predicted molar refractivity (Wildman–Crippen MR) is 105 cm³/mol. The third-order valence-electron chi connectivity index (χ3n) is 3.61. The van der Waals surface area contributed by atoms with E-state index >= 15 is 0 Å². The molecule has 0 aromatic carbocycles. The Morgan fingerprint density at radius 2 is 2.04 bits per heavy atom. The standard InChI is InChI=1S/C20H26ClN3O2/c1-14-9-16(11-22-18(14)24-12-15(2)23-13-24)10-17(7-6-8-21)19(25)26-20(3,4)5/h9-13H,6-8H2,1-5H3. The van der Waals surface area contributed by atoms with Gasteiger partial charge in [0.15, 0.2) is 0 Å². The Balaban J connectivity index is 2.30. The van der Waals surface area contributed by atoms with Crippen molar-refractivity contribution in [3.8, 4) is 5.82 Å².